The van der Waals surface area contributed by atoms with E-state index in [1.807, 2.05) is 12.1 Å². The Morgan fingerprint density at radius 2 is 1.92 bits per heavy atom. The molecule has 0 N–H and O–H groups in total. The van der Waals surface area contributed by atoms with E-state index in [4.69, 9.17) is 9.15 Å². The van der Waals surface area contributed by atoms with Gasteiger partial charge in [-0.1, -0.05) is 43.2 Å². The van der Waals surface area contributed by atoms with Crippen molar-refractivity contribution < 1.29 is 9.15 Å². The molecule has 1 aliphatic heterocycles. The van der Waals surface area contributed by atoms with E-state index in [0.29, 0.717) is 18.9 Å². The van der Waals surface area contributed by atoms with Crippen LogP contribution in [0, 0.1) is 6.92 Å². The van der Waals surface area contributed by atoms with Crippen molar-refractivity contribution in [1.29, 1.82) is 0 Å². The van der Waals surface area contributed by atoms with Gasteiger partial charge >= 0.3 is 5.63 Å². The number of benzene rings is 2. The molecule has 0 bridgehead atoms. The molecule has 26 heavy (non-hydrogen) atoms. The topological polar surface area (TPSA) is 42.7 Å². The molecule has 0 aliphatic carbocycles. The van der Waals surface area contributed by atoms with Crippen LogP contribution in [-0.4, -0.2) is 11.6 Å². The molecule has 1 aromatic heterocycles. The molecule has 3 aromatic rings. The predicted octanol–water partition coefficient (Wildman–Crippen LogP) is 4.41. The lowest BCUT2D eigenvalue weighted by atomic mass is 10.0. The van der Waals surface area contributed by atoms with Gasteiger partial charge in [-0.25, -0.2) is 4.79 Å². The third-order valence-electron chi connectivity index (χ3n) is 4.89. The van der Waals surface area contributed by atoms with Crippen molar-refractivity contribution >= 4 is 11.0 Å². The Hall–Kier alpha value is -2.59. The molecule has 0 atom stereocenters. The second-order valence-corrected chi connectivity index (χ2v) is 7.01. The summed E-state index contributed by atoms with van der Waals surface area (Å²) in [6.07, 6.45) is 1.86. The lowest BCUT2D eigenvalue weighted by Gasteiger charge is -2.29. The van der Waals surface area contributed by atoms with Crippen molar-refractivity contribution in [2.24, 2.45) is 0 Å². The maximum absolute atomic E-state index is 12.0. The summed E-state index contributed by atoms with van der Waals surface area (Å²) in [5, 5.41) is 1.02. The van der Waals surface area contributed by atoms with Gasteiger partial charge in [-0.3, -0.25) is 4.90 Å². The fourth-order valence-electron chi connectivity index (χ4n) is 3.57. The zero-order chi connectivity index (χ0) is 18.1. The van der Waals surface area contributed by atoms with Gasteiger partial charge in [-0.05, 0) is 36.6 Å². The van der Waals surface area contributed by atoms with E-state index >= 15 is 0 Å². The van der Waals surface area contributed by atoms with Crippen molar-refractivity contribution in [2.45, 2.75) is 39.8 Å². The molecule has 0 saturated carbocycles. The Balaban J connectivity index is 1.69. The molecule has 4 heteroatoms. The van der Waals surface area contributed by atoms with Gasteiger partial charge in [0.25, 0.3) is 0 Å². The quantitative estimate of drug-likeness (QED) is 0.655. The van der Waals surface area contributed by atoms with Gasteiger partial charge < -0.3 is 9.15 Å². The van der Waals surface area contributed by atoms with E-state index in [2.05, 4.69) is 43.0 Å². The van der Waals surface area contributed by atoms with E-state index < -0.39 is 0 Å². The largest absolute Gasteiger partial charge is 0.478 e. The van der Waals surface area contributed by atoms with Crippen LogP contribution >= 0.6 is 0 Å². The number of aryl methyl sites for hydroxylation is 2. The summed E-state index contributed by atoms with van der Waals surface area (Å²) in [5.41, 5.74) is 4.91. The average molecular weight is 349 g/mol. The number of fused-ring (bicyclic) bond motifs is 3. The van der Waals surface area contributed by atoms with Crippen molar-refractivity contribution in [3.8, 4) is 5.75 Å². The highest BCUT2D eigenvalue weighted by molar-refractivity contribution is 5.85. The second-order valence-electron chi connectivity index (χ2n) is 7.01. The highest BCUT2D eigenvalue weighted by Crippen LogP contribution is 2.33. The molecule has 2 heterocycles. The highest BCUT2D eigenvalue weighted by Gasteiger charge is 2.22. The minimum Gasteiger partial charge on any atom is -0.478 e. The van der Waals surface area contributed by atoms with Crippen molar-refractivity contribution in [3.63, 3.8) is 0 Å². The zero-order valence-electron chi connectivity index (χ0n) is 15.2. The summed E-state index contributed by atoms with van der Waals surface area (Å²) in [6, 6.07) is 14.2. The smallest absolute Gasteiger partial charge is 0.336 e. The van der Waals surface area contributed by atoms with Crippen LogP contribution in [0.3, 0.4) is 0 Å². The average Bonchev–Trinajstić information content (AvgIpc) is 2.64. The Kier molecular flexibility index (Phi) is 4.51. The third-order valence-corrected chi connectivity index (χ3v) is 4.89. The van der Waals surface area contributed by atoms with Crippen LogP contribution in [0.1, 0.15) is 35.6 Å². The number of nitrogens with zero attached hydrogens (tertiary/aromatic N) is 1. The normalized spacial score (nSPS) is 14.2. The second kappa shape index (κ2) is 6.96. The van der Waals surface area contributed by atoms with Crippen molar-refractivity contribution in [1.82, 2.24) is 4.90 Å². The van der Waals surface area contributed by atoms with Crippen LogP contribution in [0.5, 0.6) is 5.75 Å². The maximum Gasteiger partial charge on any atom is 0.336 e. The minimum absolute atomic E-state index is 0.287. The predicted molar refractivity (Wildman–Crippen MR) is 102 cm³/mol. The lowest BCUT2D eigenvalue weighted by Crippen LogP contribution is -2.31. The number of ether oxygens (including phenoxy) is 1. The minimum atomic E-state index is -0.287. The summed E-state index contributed by atoms with van der Waals surface area (Å²) in [6.45, 7) is 6.25. The first kappa shape index (κ1) is 16.9. The molecular weight excluding hydrogens is 326 g/mol. The van der Waals surface area contributed by atoms with Crippen LogP contribution in [0.4, 0.5) is 0 Å². The number of rotatable bonds is 4. The Morgan fingerprint density at radius 1 is 1.12 bits per heavy atom. The van der Waals surface area contributed by atoms with Crippen LogP contribution in [-0.2, 0) is 19.5 Å². The van der Waals surface area contributed by atoms with Crippen LogP contribution < -0.4 is 10.4 Å². The maximum atomic E-state index is 12.0. The Labute approximate surface area is 153 Å². The molecule has 0 unspecified atom stereocenters. The fourth-order valence-corrected chi connectivity index (χ4v) is 3.57. The molecular formula is C22H23NO3. The van der Waals surface area contributed by atoms with Gasteiger partial charge in [0.2, 0.25) is 0 Å². The number of hydrogen-bond donors (Lipinski definition) is 0. The summed E-state index contributed by atoms with van der Waals surface area (Å²) >= 11 is 0. The Morgan fingerprint density at radius 3 is 2.69 bits per heavy atom. The van der Waals surface area contributed by atoms with Crippen LogP contribution in [0.2, 0.25) is 0 Å². The van der Waals surface area contributed by atoms with E-state index in [1.165, 1.54) is 11.1 Å². The fraction of sp³-hybridized carbons (Fsp3) is 0.318. The highest BCUT2D eigenvalue weighted by atomic mass is 16.5. The van der Waals surface area contributed by atoms with Crippen molar-refractivity contribution in [2.75, 3.05) is 6.73 Å². The first-order chi connectivity index (χ1) is 12.6. The summed E-state index contributed by atoms with van der Waals surface area (Å²) in [7, 11) is 0. The van der Waals surface area contributed by atoms with E-state index in [0.717, 1.165) is 41.6 Å². The molecule has 4 rings (SSSR count). The van der Waals surface area contributed by atoms with Crippen LogP contribution in [0.25, 0.3) is 11.0 Å². The molecule has 0 saturated heterocycles. The van der Waals surface area contributed by atoms with Gasteiger partial charge in [0.15, 0.2) is 0 Å². The first-order valence-electron chi connectivity index (χ1n) is 9.13. The molecule has 2 aromatic carbocycles. The van der Waals surface area contributed by atoms with Gasteiger partial charge in [0, 0.05) is 24.5 Å². The third kappa shape index (κ3) is 3.25. The molecule has 0 amide bonds. The summed E-state index contributed by atoms with van der Waals surface area (Å²) in [4.78, 5) is 14.3. The molecule has 0 fully saturated rings. The molecule has 1 aliphatic rings. The summed E-state index contributed by atoms with van der Waals surface area (Å²) in [5.74, 6) is 0.814. The van der Waals surface area contributed by atoms with Gasteiger partial charge in [-0.15, -0.1) is 0 Å². The SMILES string of the molecule is CCCc1cc(=O)oc2c3c(ccc12)OCN(Cc1ccc(C)cc1)C3. The summed E-state index contributed by atoms with van der Waals surface area (Å²) < 4.78 is 11.5. The Bertz CT molecular complexity index is 989. The monoisotopic (exact) mass is 349 g/mol. The van der Waals surface area contributed by atoms with E-state index in [9.17, 15) is 4.79 Å². The van der Waals surface area contributed by atoms with Crippen molar-refractivity contribution in [3.05, 3.63) is 75.1 Å². The lowest BCUT2D eigenvalue weighted by molar-refractivity contribution is 0.0889. The van der Waals surface area contributed by atoms with E-state index in [-0.39, 0.29) is 5.63 Å². The molecule has 0 radical (unpaired) electrons. The molecule has 0 spiro atoms. The number of hydrogen-bond acceptors (Lipinski definition) is 4. The standard InChI is InChI=1S/C22H23NO3/c1-3-4-17-11-21(24)26-22-18(17)9-10-20-19(22)13-23(14-25-20)12-16-7-5-15(2)6-8-16/h5-11H,3-4,12-14H2,1-2H3. The van der Waals surface area contributed by atoms with Crippen LogP contribution in [0.15, 0.2) is 51.7 Å². The molecule has 134 valence electrons. The zero-order valence-corrected chi connectivity index (χ0v) is 15.2. The van der Waals surface area contributed by atoms with Gasteiger partial charge in [-0.2, -0.15) is 0 Å². The molecule has 4 nitrogen and oxygen atoms in total. The van der Waals surface area contributed by atoms with Gasteiger partial charge in [0.05, 0.1) is 5.56 Å². The van der Waals surface area contributed by atoms with E-state index in [1.54, 1.807) is 6.07 Å². The van der Waals surface area contributed by atoms with Gasteiger partial charge in [0.1, 0.15) is 18.1 Å². The first-order valence-corrected chi connectivity index (χ1v) is 9.13.